The molecule has 1 fully saturated rings. The molecule has 0 bridgehead atoms. The van der Waals surface area contributed by atoms with Gasteiger partial charge in [0, 0.05) is 25.2 Å². The van der Waals surface area contributed by atoms with Crippen molar-refractivity contribution in [3.63, 3.8) is 0 Å². The van der Waals surface area contributed by atoms with Crippen LogP contribution in [0, 0.1) is 6.92 Å². The maximum Gasteiger partial charge on any atom is 0.276 e. The number of hydrogen-bond donors (Lipinski definition) is 2. The van der Waals surface area contributed by atoms with Gasteiger partial charge in [0.05, 0.1) is 0 Å². The van der Waals surface area contributed by atoms with Crippen LogP contribution < -0.4 is 10.1 Å². The van der Waals surface area contributed by atoms with Crippen LogP contribution in [-0.4, -0.2) is 52.2 Å². The highest BCUT2D eigenvalue weighted by molar-refractivity contribution is 5.92. The Bertz CT molecular complexity index is 794. The maximum absolute atomic E-state index is 12.4. The Labute approximate surface area is 157 Å². The second-order valence-electron chi connectivity index (χ2n) is 6.65. The van der Waals surface area contributed by atoms with Gasteiger partial charge >= 0.3 is 0 Å². The molecule has 27 heavy (non-hydrogen) atoms. The molecule has 8 nitrogen and oxygen atoms in total. The molecule has 3 rings (SSSR count). The number of hydrogen-bond acceptors (Lipinski definition) is 6. The number of ether oxygens (including phenoxy) is 1. The fourth-order valence-corrected chi connectivity index (χ4v) is 2.96. The number of rotatable bonds is 5. The molecule has 1 saturated heterocycles. The molecule has 1 aromatic heterocycles. The molecule has 1 aliphatic heterocycles. The molecule has 8 heteroatoms. The lowest BCUT2D eigenvalue weighted by atomic mass is 10.0. The molecule has 2 N–H and O–H groups in total. The maximum atomic E-state index is 12.4. The van der Waals surface area contributed by atoms with Gasteiger partial charge in [-0.3, -0.25) is 9.59 Å². The largest absolute Gasteiger partial charge is 0.508 e. The average Bonchev–Trinajstić information content (AvgIpc) is 3.10. The number of piperidine rings is 1. The van der Waals surface area contributed by atoms with Gasteiger partial charge in [0.25, 0.3) is 11.8 Å². The summed E-state index contributed by atoms with van der Waals surface area (Å²) < 4.78 is 10.5. The number of carbonyl (C=O) groups excluding carboxylic acids is 2. The van der Waals surface area contributed by atoms with Crippen LogP contribution in [0.1, 0.15) is 36.0 Å². The van der Waals surface area contributed by atoms with Crippen molar-refractivity contribution in [1.82, 2.24) is 15.4 Å². The predicted octanol–water partition coefficient (Wildman–Crippen LogP) is 1.88. The zero-order valence-electron chi connectivity index (χ0n) is 15.3. The number of aromatic nitrogens is 1. The van der Waals surface area contributed by atoms with E-state index in [0.717, 1.165) is 0 Å². The van der Waals surface area contributed by atoms with Crippen molar-refractivity contribution < 1.29 is 24.0 Å². The van der Waals surface area contributed by atoms with Crippen LogP contribution in [0.2, 0.25) is 0 Å². The van der Waals surface area contributed by atoms with Crippen LogP contribution in [0.25, 0.3) is 0 Å². The average molecular weight is 373 g/mol. The van der Waals surface area contributed by atoms with E-state index < -0.39 is 6.10 Å². The lowest BCUT2D eigenvalue weighted by Crippen LogP contribution is -2.49. The van der Waals surface area contributed by atoms with E-state index in [9.17, 15) is 14.7 Å². The van der Waals surface area contributed by atoms with Crippen molar-refractivity contribution >= 4 is 11.8 Å². The number of nitrogens with one attached hydrogen (secondary N) is 1. The lowest BCUT2D eigenvalue weighted by Gasteiger charge is -2.32. The Morgan fingerprint density at radius 3 is 2.56 bits per heavy atom. The predicted molar refractivity (Wildman–Crippen MR) is 96.5 cm³/mol. The Hall–Kier alpha value is -3.03. The number of phenolic OH excluding ortho intramolecular Hbond substituents is 1. The highest BCUT2D eigenvalue weighted by Gasteiger charge is 2.27. The normalized spacial score (nSPS) is 16.0. The number of amides is 2. The quantitative estimate of drug-likeness (QED) is 0.829. The van der Waals surface area contributed by atoms with Crippen molar-refractivity contribution in [2.24, 2.45) is 0 Å². The topological polar surface area (TPSA) is 105 Å². The van der Waals surface area contributed by atoms with Crippen LogP contribution in [-0.2, 0) is 4.79 Å². The zero-order valence-corrected chi connectivity index (χ0v) is 15.3. The first kappa shape index (κ1) is 18.8. The van der Waals surface area contributed by atoms with Crippen molar-refractivity contribution in [3.05, 3.63) is 41.8 Å². The summed E-state index contributed by atoms with van der Waals surface area (Å²) in [4.78, 5) is 26.4. The molecule has 2 heterocycles. The fourth-order valence-electron chi connectivity index (χ4n) is 2.96. The Balaban J connectivity index is 1.46. The van der Waals surface area contributed by atoms with Gasteiger partial charge in [-0.05, 0) is 51.0 Å². The number of carbonyl (C=O) groups is 2. The van der Waals surface area contributed by atoms with Crippen LogP contribution in [0.15, 0.2) is 34.9 Å². The minimum absolute atomic E-state index is 0.00790. The molecule has 1 aromatic carbocycles. The van der Waals surface area contributed by atoms with Crippen LogP contribution in [0.4, 0.5) is 0 Å². The number of likely N-dealkylation sites (tertiary alicyclic amines) is 1. The summed E-state index contributed by atoms with van der Waals surface area (Å²) in [7, 11) is 0. The molecule has 0 spiro atoms. The van der Waals surface area contributed by atoms with E-state index in [-0.39, 0.29) is 23.6 Å². The highest BCUT2D eigenvalue weighted by Crippen LogP contribution is 2.18. The van der Waals surface area contributed by atoms with Gasteiger partial charge in [0.15, 0.2) is 11.8 Å². The van der Waals surface area contributed by atoms with Crippen LogP contribution in [0.3, 0.4) is 0 Å². The van der Waals surface area contributed by atoms with Gasteiger partial charge in [-0.15, -0.1) is 0 Å². The monoisotopic (exact) mass is 373 g/mol. The molecular formula is C19H23N3O5. The molecule has 0 aliphatic carbocycles. The smallest absolute Gasteiger partial charge is 0.276 e. The van der Waals surface area contributed by atoms with Crippen molar-refractivity contribution in [1.29, 1.82) is 0 Å². The van der Waals surface area contributed by atoms with Crippen LogP contribution >= 0.6 is 0 Å². The van der Waals surface area contributed by atoms with Gasteiger partial charge < -0.3 is 24.6 Å². The third-order valence-corrected chi connectivity index (χ3v) is 4.49. The molecule has 1 atom stereocenters. The van der Waals surface area contributed by atoms with Crippen LogP contribution in [0.5, 0.6) is 11.5 Å². The molecule has 2 amide bonds. The Morgan fingerprint density at radius 2 is 1.96 bits per heavy atom. The summed E-state index contributed by atoms with van der Waals surface area (Å²) in [5.74, 6) is 0.893. The summed E-state index contributed by atoms with van der Waals surface area (Å²) >= 11 is 0. The van der Waals surface area contributed by atoms with Crippen molar-refractivity contribution in [2.45, 2.75) is 38.8 Å². The lowest BCUT2D eigenvalue weighted by molar-refractivity contribution is -0.128. The first-order valence-electron chi connectivity index (χ1n) is 8.91. The number of benzene rings is 1. The van der Waals surface area contributed by atoms with E-state index in [1.165, 1.54) is 12.1 Å². The third kappa shape index (κ3) is 4.78. The standard InChI is InChI=1S/C19H23N3O5/c1-12-11-17(21-27-12)19(25)22-9-7-14(8-10-22)20-18(24)13(2)26-16-5-3-15(23)4-6-16/h3-6,11,13-14,23H,7-10H2,1-2H3,(H,20,24). The number of nitrogens with zero attached hydrogens (tertiary/aromatic N) is 2. The molecular weight excluding hydrogens is 350 g/mol. The van der Waals surface area contributed by atoms with Crippen molar-refractivity contribution in [2.75, 3.05) is 13.1 Å². The van der Waals surface area contributed by atoms with Crippen molar-refractivity contribution in [3.8, 4) is 11.5 Å². The first-order valence-corrected chi connectivity index (χ1v) is 8.91. The summed E-state index contributed by atoms with van der Waals surface area (Å²) in [5, 5.41) is 16.0. The minimum atomic E-state index is -0.660. The Morgan fingerprint density at radius 1 is 1.30 bits per heavy atom. The summed E-state index contributed by atoms with van der Waals surface area (Å²) in [6.07, 6.45) is 0.674. The van der Waals surface area contributed by atoms with Gasteiger partial charge in [0.2, 0.25) is 0 Å². The molecule has 0 radical (unpaired) electrons. The fraction of sp³-hybridized carbons (Fsp3) is 0.421. The second-order valence-corrected chi connectivity index (χ2v) is 6.65. The number of phenols is 1. The molecule has 1 aliphatic rings. The number of aromatic hydroxyl groups is 1. The van der Waals surface area contributed by atoms with E-state index >= 15 is 0 Å². The SMILES string of the molecule is Cc1cc(C(=O)N2CCC(NC(=O)C(C)Oc3ccc(O)cc3)CC2)no1. The third-order valence-electron chi connectivity index (χ3n) is 4.49. The van der Waals surface area contributed by atoms with E-state index in [1.54, 1.807) is 36.9 Å². The summed E-state index contributed by atoms with van der Waals surface area (Å²) in [6, 6.07) is 7.83. The van der Waals surface area contributed by atoms with Gasteiger partial charge in [0.1, 0.15) is 17.3 Å². The first-order chi connectivity index (χ1) is 12.9. The molecule has 0 saturated carbocycles. The highest BCUT2D eigenvalue weighted by atomic mass is 16.5. The van der Waals surface area contributed by atoms with E-state index in [1.807, 2.05) is 0 Å². The minimum Gasteiger partial charge on any atom is -0.508 e. The molecule has 2 aromatic rings. The number of aryl methyl sites for hydroxylation is 1. The van der Waals surface area contributed by atoms with E-state index in [4.69, 9.17) is 9.26 Å². The summed E-state index contributed by atoms with van der Waals surface area (Å²) in [6.45, 7) is 4.51. The summed E-state index contributed by atoms with van der Waals surface area (Å²) in [5.41, 5.74) is 0.311. The van der Waals surface area contributed by atoms with E-state index in [2.05, 4.69) is 10.5 Å². The van der Waals surface area contributed by atoms with Gasteiger partial charge in [-0.2, -0.15) is 0 Å². The van der Waals surface area contributed by atoms with Gasteiger partial charge in [-0.25, -0.2) is 0 Å². The molecule has 144 valence electrons. The Kier molecular flexibility index (Phi) is 5.63. The molecule has 1 unspecified atom stereocenters. The van der Waals surface area contributed by atoms with Gasteiger partial charge in [-0.1, -0.05) is 5.16 Å². The second kappa shape index (κ2) is 8.11. The zero-order chi connectivity index (χ0) is 19.4. The van der Waals surface area contributed by atoms with E-state index in [0.29, 0.717) is 43.1 Å².